The van der Waals surface area contributed by atoms with Crippen LogP contribution in [0.2, 0.25) is 0 Å². The highest BCUT2D eigenvalue weighted by molar-refractivity contribution is 7.98. The van der Waals surface area contributed by atoms with Crippen LogP contribution >= 0.6 is 11.8 Å². The predicted molar refractivity (Wildman–Crippen MR) is 108 cm³/mol. The third-order valence-corrected chi connectivity index (χ3v) is 5.60. The van der Waals surface area contributed by atoms with E-state index in [4.69, 9.17) is 0 Å². The fourth-order valence-corrected chi connectivity index (χ4v) is 3.94. The lowest BCUT2D eigenvalue weighted by Gasteiger charge is -2.18. The van der Waals surface area contributed by atoms with Gasteiger partial charge in [0.15, 0.2) is 0 Å². The van der Waals surface area contributed by atoms with Crippen molar-refractivity contribution in [3.05, 3.63) is 54.1 Å². The van der Waals surface area contributed by atoms with E-state index in [1.54, 1.807) is 11.8 Å². The number of benzene rings is 2. The molecule has 0 radical (unpaired) electrons. The Hall–Kier alpha value is -2.31. The molecule has 2 aromatic carbocycles. The van der Waals surface area contributed by atoms with Gasteiger partial charge in [-0.25, -0.2) is 4.79 Å². The van der Waals surface area contributed by atoms with E-state index in [0.29, 0.717) is 0 Å². The van der Waals surface area contributed by atoms with E-state index in [1.165, 1.54) is 4.90 Å². The number of hydrogen-bond acceptors (Lipinski definition) is 4. The zero-order valence-electron chi connectivity index (χ0n) is 15.3. The first kappa shape index (κ1) is 19.5. The molecular formula is C21H24N2O3S. The molecule has 0 spiro atoms. The Kier molecular flexibility index (Phi) is 6.53. The lowest BCUT2D eigenvalue weighted by atomic mass is 10.0. The van der Waals surface area contributed by atoms with E-state index < -0.39 is 12.0 Å². The molecule has 27 heavy (non-hydrogen) atoms. The highest BCUT2D eigenvalue weighted by atomic mass is 32.2. The maximum atomic E-state index is 12.2. The van der Waals surface area contributed by atoms with E-state index in [1.807, 2.05) is 42.7 Å². The maximum Gasteiger partial charge on any atom is 0.326 e. The molecule has 2 atom stereocenters. The van der Waals surface area contributed by atoms with Crippen molar-refractivity contribution in [3.8, 4) is 11.1 Å². The minimum atomic E-state index is -1.02. The number of carbonyl (C=O) groups is 2. The maximum absolute atomic E-state index is 12.2. The van der Waals surface area contributed by atoms with Gasteiger partial charge in [0.05, 0.1) is 6.04 Å². The van der Waals surface area contributed by atoms with Crippen LogP contribution in [0.4, 0.5) is 0 Å². The zero-order chi connectivity index (χ0) is 19.2. The van der Waals surface area contributed by atoms with Crippen molar-refractivity contribution in [2.24, 2.45) is 0 Å². The SMILES string of the molecule is CSc1ccccc1-c1ccc(C[C@H](NC(=O)[C@@H]2CCCN2)C(=O)O)cc1. The first-order valence-corrected chi connectivity index (χ1v) is 10.3. The monoisotopic (exact) mass is 384 g/mol. The van der Waals surface area contributed by atoms with Gasteiger partial charge in [-0.2, -0.15) is 0 Å². The number of amides is 1. The molecule has 3 rings (SSSR count). The Bertz CT molecular complexity index is 801. The number of hydrogen-bond donors (Lipinski definition) is 3. The number of aliphatic carboxylic acids is 1. The van der Waals surface area contributed by atoms with Crippen LogP contribution in [-0.2, 0) is 16.0 Å². The van der Waals surface area contributed by atoms with Gasteiger partial charge >= 0.3 is 5.97 Å². The summed E-state index contributed by atoms with van der Waals surface area (Å²) in [4.78, 5) is 25.0. The highest BCUT2D eigenvalue weighted by Gasteiger charge is 2.27. The van der Waals surface area contributed by atoms with Crippen LogP contribution in [-0.4, -0.2) is 41.9 Å². The summed E-state index contributed by atoms with van der Waals surface area (Å²) in [7, 11) is 0. The number of nitrogens with one attached hydrogen (secondary N) is 2. The van der Waals surface area contributed by atoms with Crippen molar-refractivity contribution in [2.75, 3.05) is 12.8 Å². The van der Waals surface area contributed by atoms with Crippen LogP contribution in [0.3, 0.4) is 0 Å². The predicted octanol–water partition coefficient (Wildman–Crippen LogP) is 2.94. The molecular weight excluding hydrogens is 360 g/mol. The number of rotatable bonds is 7. The van der Waals surface area contributed by atoms with Gasteiger partial charge in [0.1, 0.15) is 6.04 Å². The van der Waals surface area contributed by atoms with E-state index in [-0.39, 0.29) is 18.4 Å². The summed E-state index contributed by atoms with van der Waals surface area (Å²) in [6, 6.07) is 14.9. The molecule has 142 valence electrons. The van der Waals surface area contributed by atoms with Gasteiger partial charge in [0, 0.05) is 11.3 Å². The summed E-state index contributed by atoms with van der Waals surface area (Å²) in [6.07, 6.45) is 4.00. The largest absolute Gasteiger partial charge is 0.480 e. The Morgan fingerprint density at radius 3 is 2.59 bits per heavy atom. The second-order valence-electron chi connectivity index (χ2n) is 6.65. The molecule has 5 nitrogen and oxygen atoms in total. The van der Waals surface area contributed by atoms with E-state index in [2.05, 4.69) is 22.8 Å². The van der Waals surface area contributed by atoms with Gasteiger partial charge in [-0.05, 0) is 48.4 Å². The average Bonchev–Trinajstić information content (AvgIpc) is 3.23. The molecule has 1 fully saturated rings. The number of thioether (sulfide) groups is 1. The van der Waals surface area contributed by atoms with Gasteiger partial charge in [0.25, 0.3) is 0 Å². The Morgan fingerprint density at radius 1 is 1.22 bits per heavy atom. The lowest BCUT2D eigenvalue weighted by molar-refractivity contribution is -0.142. The highest BCUT2D eigenvalue weighted by Crippen LogP contribution is 2.30. The van der Waals surface area contributed by atoms with Crippen molar-refractivity contribution >= 4 is 23.6 Å². The average molecular weight is 385 g/mol. The van der Waals surface area contributed by atoms with E-state index >= 15 is 0 Å². The smallest absolute Gasteiger partial charge is 0.326 e. The van der Waals surface area contributed by atoms with E-state index in [9.17, 15) is 14.7 Å². The fourth-order valence-electron chi connectivity index (χ4n) is 3.32. The second kappa shape index (κ2) is 9.06. The van der Waals surface area contributed by atoms with Gasteiger partial charge in [-0.3, -0.25) is 4.79 Å². The molecule has 1 amide bonds. The van der Waals surface area contributed by atoms with Crippen LogP contribution in [0.15, 0.2) is 53.4 Å². The summed E-state index contributed by atoms with van der Waals surface area (Å²) in [5, 5.41) is 15.3. The normalized spacial score (nSPS) is 17.4. The molecule has 0 bridgehead atoms. The van der Waals surface area contributed by atoms with Crippen LogP contribution < -0.4 is 10.6 Å². The molecule has 6 heteroatoms. The minimum Gasteiger partial charge on any atom is -0.480 e. The first-order valence-electron chi connectivity index (χ1n) is 9.07. The van der Waals surface area contributed by atoms with Crippen LogP contribution in [0.1, 0.15) is 18.4 Å². The van der Waals surface area contributed by atoms with Crippen LogP contribution in [0, 0.1) is 0 Å². The molecule has 1 saturated heterocycles. The van der Waals surface area contributed by atoms with Gasteiger partial charge in [-0.15, -0.1) is 11.8 Å². The first-order chi connectivity index (χ1) is 13.1. The summed E-state index contributed by atoms with van der Waals surface area (Å²) < 4.78 is 0. The molecule has 2 aromatic rings. The molecule has 1 heterocycles. The number of carboxylic acid groups (broad SMARTS) is 1. The summed E-state index contributed by atoms with van der Waals surface area (Å²) in [5.41, 5.74) is 3.13. The van der Waals surface area contributed by atoms with Crippen molar-refractivity contribution in [3.63, 3.8) is 0 Å². The Labute approximate surface area is 163 Å². The second-order valence-corrected chi connectivity index (χ2v) is 7.50. The Morgan fingerprint density at radius 2 is 1.96 bits per heavy atom. The standard InChI is InChI=1S/C21H24N2O3S/c1-27-19-7-3-2-5-16(19)15-10-8-14(9-11-15)13-18(21(25)26)23-20(24)17-6-4-12-22-17/h2-3,5,7-11,17-18,22H,4,6,12-13H2,1H3,(H,23,24)(H,25,26)/t17-,18-/m0/s1. The minimum absolute atomic E-state index is 0.231. The molecule has 0 saturated carbocycles. The van der Waals surface area contributed by atoms with Crippen LogP contribution in [0.5, 0.6) is 0 Å². The van der Waals surface area contributed by atoms with Crippen molar-refractivity contribution < 1.29 is 14.7 Å². The molecule has 0 aromatic heterocycles. The summed E-state index contributed by atoms with van der Waals surface area (Å²) in [5.74, 6) is -1.25. The molecule has 1 aliphatic rings. The topological polar surface area (TPSA) is 78.4 Å². The molecule has 0 aliphatic carbocycles. The van der Waals surface area contributed by atoms with Crippen molar-refractivity contribution in [1.29, 1.82) is 0 Å². The van der Waals surface area contributed by atoms with Gasteiger partial charge < -0.3 is 15.7 Å². The quantitative estimate of drug-likeness (QED) is 0.640. The number of carbonyl (C=O) groups excluding carboxylic acids is 1. The van der Waals surface area contributed by atoms with Gasteiger partial charge in [-0.1, -0.05) is 42.5 Å². The lowest BCUT2D eigenvalue weighted by Crippen LogP contribution is -2.49. The van der Waals surface area contributed by atoms with E-state index in [0.717, 1.165) is 36.1 Å². The summed E-state index contributed by atoms with van der Waals surface area (Å²) in [6.45, 7) is 0.800. The number of carboxylic acids is 1. The fraction of sp³-hybridized carbons (Fsp3) is 0.333. The third kappa shape index (κ3) is 4.90. The van der Waals surface area contributed by atoms with Crippen LogP contribution in [0.25, 0.3) is 11.1 Å². The van der Waals surface area contributed by atoms with Crippen molar-refractivity contribution in [1.82, 2.24) is 10.6 Å². The zero-order valence-corrected chi connectivity index (χ0v) is 16.1. The molecule has 0 unspecified atom stereocenters. The molecule has 3 N–H and O–H groups in total. The van der Waals surface area contributed by atoms with Crippen molar-refractivity contribution in [2.45, 2.75) is 36.2 Å². The summed E-state index contributed by atoms with van der Waals surface area (Å²) >= 11 is 1.70. The Balaban J connectivity index is 1.69. The van der Waals surface area contributed by atoms with Gasteiger partial charge in [0.2, 0.25) is 5.91 Å². The third-order valence-electron chi connectivity index (χ3n) is 4.80. The molecule has 1 aliphatic heterocycles.